The second-order valence-corrected chi connectivity index (χ2v) is 11.1. The van der Waals surface area contributed by atoms with Gasteiger partial charge < -0.3 is 5.41 Å². The van der Waals surface area contributed by atoms with Crippen molar-refractivity contribution in [1.29, 1.82) is 5.41 Å². The normalized spacial score (nSPS) is 10.9. The van der Waals surface area contributed by atoms with Crippen molar-refractivity contribution in [2.45, 2.75) is 68.2 Å². The monoisotopic (exact) mass is 579 g/mol. The molecule has 0 bridgehead atoms. The third kappa shape index (κ3) is 8.68. The van der Waals surface area contributed by atoms with Gasteiger partial charge in [0.05, 0.1) is 0 Å². The number of rotatable bonds is 8. The zero-order valence-electron chi connectivity index (χ0n) is 26.9. The van der Waals surface area contributed by atoms with Gasteiger partial charge in [-0.2, -0.15) is 0 Å². The molecule has 0 aliphatic rings. The summed E-state index contributed by atoms with van der Waals surface area (Å²) in [5.74, 6) is 3.33. The van der Waals surface area contributed by atoms with Crippen LogP contribution in [0.5, 0.6) is 0 Å². The summed E-state index contributed by atoms with van der Waals surface area (Å²) in [6.45, 7) is 18.9. The first-order valence-electron chi connectivity index (χ1n) is 15.1. The van der Waals surface area contributed by atoms with Gasteiger partial charge in [0, 0.05) is 11.8 Å². The van der Waals surface area contributed by atoms with Gasteiger partial charge in [0.25, 0.3) is 0 Å². The molecule has 0 saturated heterocycles. The average molecular weight is 580 g/mol. The van der Waals surface area contributed by atoms with E-state index in [0.29, 0.717) is 5.92 Å². The highest BCUT2D eigenvalue weighted by Crippen LogP contribution is 2.35. The van der Waals surface area contributed by atoms with Gasteiger partial charge in [-0.1, -0.05) is 114 Å². The number of hydrogen-bond donors (Lipinski definition) is 1. The van der Waals surface area contributed by atoms with Crippen LogP contribution in [0.3, 0.4) is 0 Å². The van der Waals surface area contributed by atoms with E-state index in [1.54, 1.807) is 0 Å². The minimum atomic E-state index is 0. The van der Waals surface area contributed by atoms with E-state index in [4.69, 9.17) is 11.8 Å². The van der Waals surface area contributed by atoms with Crippen molar-refractivity contribution < 1.29 is 0 Å². The first-order valence-corrected chi connectivity index (χ1v) is 15.1. The Morgan fingerprint density at radius 3 is 1.84 bits per heavy atom. The molecular weight excluding hydrogens is 530 g/mol. The maximum atomic E-state index is 6.82. The average Bonchev–Trinajstić information content (AvgIpc) is 3.03. The molecule has 0 atom stereocenters. The predicted octanol–water partition coefficient (Wildman–Crippen LogP) is 12.4. The SMILES string of the molecule is C.C#Cc1cc(-c2cc(-c3ccc(C(C)C)c(C)c3)cc(-c3ccc(C)c(CC)c3)c2)ccc1C=C.C/C=C\C(C=N)=C/C. The van der Waals surface area contributed by atoms with Crippen LogP contribution in [0.25, 0.3) is 39.5 Å². The molecule has 44 heavy (non-hydrogen) atoms. The highest BCUT2D eigenvalue weighted by molar-refractivity contribution is 5.83. The van der Waals surface area contributed by atoms with Gasteiger partial charge in [0.15, 0.2) is 0 Å². The summed E-state index contributed by atoms with van der Waals surface area (Å²) in [6, 6.07) is 26.8. The highest BCUT2D eigenvalue weighted by atomic mass is 14.3. The lowest BCUT2D eigenvalue weighted by atomic mass is 9.89. The minimum absolute atomic E-state index is 0. The van der Waals surface area contributed by atoms with E-state index in [1.165, 1.54) is 50.7 Å². The maximum absolute atomic E-state index is 6.82. The van der Waals surface area contributed by atoms with Crippen LogP contribution >= 0.6 is 0 Å². The van der Waals surface area contributed by atoms with Crippen LogP contribution in [0.2, 0.25) is 0 Å². The van der Waals surface area contributed by atoms with Crippen molar-refractivity contribution in [2.75, 3.05) is 0 Å². The summed E-state index contributed by atoms with van der Waals surface area (Å²) in [4.78, 5) is 0. The van der Waals surface area contributed by atoms with Crippen molar-refractivity contribution >= 4 is 12.3 Å². The van der Waals surface area contributed by atoms with Gasteiger partial charge in [0.2, 0.25) is 0 Å². The van der Waals surface area contributed by atoms with Gasteiger partial charge in [0.1, 0.15) is 0 Å². The summed E-state index contributed by atoms with van der Waals surface area (Å²) in [5.41, 5.74) is 15.4. The molecule has 0 aliphatic heterocycles. The topological polar surface area (TPSA) is 23.9 Å². The molecule has 1 nitrogen and oxygen atoms in total. The molecular formula is C43H49N. The lowest BCUT2D eigenvalue weighted by Crippen LogP contribution is -1.93. The smallest absolute Gasteiger partial charge is 0.0320 e. The van der Waals surface area contributed by atoms with Crippen LogP contribution in [0.1, 0.15) is 81.3 Å². The summed E-state index contributed by atoms with van der Waals surface area (Å²) in [7, 11) is 0. The summed E-state index contributed by atoms with van der Waals surface area (Å²) in [6.07, 6.45) is 15.7. The Morgan fingerprint density at radius 1 is 0.818 bits per heavy atom. The molecule has 0 spiro atoms. The molecule has 0 aliphatic carbocycles. The van der Waals surface area contributed by atoms with E-state index in [2.05, 4.69) is 120 Å². The first kappa shape index (κ1) is 35.5. The van der Waals surface area contributed by atoms with Crippen LogP contribution < -0.4 is 0 Å². The van der Waals surface area contributed by atoms with Crippen molar-refractivity contribution in [3.8, 4) is 45.7 Å². The van der Waals surface area contributed by atoms with Crippen LogP contribution in [0.4, 0.5) is 0 Å². The second-order valence-electron chi connectivity index (χ2n) is 11.1. The minimum Gasteiger partial charge on any atom is -0.308 e. The predicted molar refractivity (Wildman–Crippen MR) is 198 cm³/mol. The zero-order valence-corrected chi connectivity index (χ0v) is 26.9. The standard InChI is InChI=1S/C35H34.C7H11N.CH4/c1-8-26-13-14-31(19-28(26)10-3)34-21-32(29-15-16-35(23(4)5)25(7)17-29)20-33(22-34)30-12-11-24(6)27(9-2)18-30;1-3-5-7(4-2)6-8;/h3,8,11-23H,1,9H2,2,4-7H3;3-6,8H,1-2H3;1H4/b;5-3-,7-4+,8-6?;. The van der Waals surface area contributed by atoms with Gasteiger partial charge >= 0.3 is 0 Å². The maximum Gasteiger partial charge on any atom is 0.0320 e. The zero-order chi connectivity index (χ0) is 31.5. The lowest BCUT2D eigenvalue weighted by Gasteiger charge is -2.15. The van der Waals surface area contributed by atoms with Crippen molar-refractivity contribution in [3.05, 3.63) is 137 Å². The van der Waals surface area contributed by atoms with Crippen LogP contribution in [0.15, 0.2) is 103 Å². The molecule has 4 aromatic rings. The Labute approximate surface area is 267 Å². The van der Waals surface area contributed by atoms with Crippen LogP contribution in [-0.2, 0) is 6.42 Å². The Morgan fingerprint density at radius 2 is 1.39 bits per heavy atom. The summed E-state index contributed by atoms with van der Waals surface area (Å²) >= 11 is 0. The van der Waals surface area contributed by atoms with E-state index in [1.807, 2.05) is 38.2 Å². The number of benzene rings is 4. The Bertz CT molecular complexity index is 1700. The third-order valence-corrected chi connectivity index (χ3v) is 7.84. The molecule has 0 heterocycles. The molecule has 226 valence electrons. The van der Waals surface area contributed by atoms with E-state index in [0.717, 1.165) is 34.2 Å². The van der Waals surface area contributed by atoms with E-state index in [9.17, 15) is 0 Å². The molecule has 0 unspecified atom stereocenters. The van der Waals surface area contributed by atoms with E-state index in [-0.39, 0.29) is 7.43 Å². The quantitative estimate of drug-likeness (QED) is 0.122. The fraction of sp³-hybridized carbons (Fsp3) is 0.233. The number of aryl methyl sites for hydroxylation is 3. The fourth-order valence-electron chi connectivity index (χ4n) is 5.32. The Kier molecular flexibility index (Phi) is 13.6. The van der Waals surface area contributed by atoms with Crippen molar-refractivity contribution in [2.24, 2.45) is 0 Å². The van der Waals surface area contributed by atoms with Gasteiger partial charge in [-0.15, -0.1) is 6.42 Å². The number of nitrogens with one attached hydrogen (secondary N) is 1. The lowest BCUT2D eigenvalue weighted by molar-refractivity contribution is 0.857. The van der Waals surface area contributed by atoms with Gasteiger partial charge in [-0.05, 0) is 131 Å². The molecule has 0 fully saturated rings. The van der Waals surface area contributed by atoms with Crippen molar-refractivity contribution in [3.63, 3.8) is 0 Å². The molecule has 0 radical (unpaired) electrons. The van der Waals surface area contributed by atoms with Crippen LogP contribution in [0, 0.1) is 31.6 Å². The Balaban J connectivity index is 0.000000662. The number of terminal acetylenes is 1. The Hall–Kier alpha value is -4.67. The largest absolute Gasteiger partial charge is 0.308 e. The van der Waals surface area contributed by atoms with Crippen LogP contribution in [-0.4, -0.2) is 6.21 Å². The third-order valence-electron chi connectivity index (χ3n) is 7.84. The van der Waals surface area contributed by atoms with E-state index < -0.39 is 0 Å². The molecule has 1 N–H and O–H groups in total. The first-order chi connectivity index (χ1) is 20.7. The molecule has 4 rings (SSSR count). The molecule has 0 saturated carbocycles. The van der Waals surface area contributed by atoms with Crippen molar-refractivity contribution in [1.82, 2.24) is 0 Å². The fourth-order valence-corrected chi connectivity index (χ4v) is 5.32. The second kappa shape index (κ2) is 16.8. The number of hydrogen-bond acceptors (Lipinski definition) is 1. The molecule has 4 aromatic carbocycles. The summed E-state index contributed by atoms with van der Waals surface area (Å²) < 4.78 is 0. The summed E-state index contributed by atoms with van der Waals surface area (Å²) in [5, 5.41) is 6.82. The van der Waals surface area contributed by atoms with Gasteiger partial charge in [-0.25, -0.2) is 0 Å². The van der Waals surface area contributed by atoms with E-state index >= 15 is 0 Å². The molecule has 0 amide bonds. The number of allylic oxidation sites excluding steroid dienone is 4. The molecule has 0 aromatic heterocycles. The van der Waals surface area contributed by atoms with Gasteiger partial charge in [-0.3, -0.25) is 0 Å². The molecule has 1 heteroatoms. The highest BCUT2D eigenvalue weighted by Gasteiger charge is 2.12.